The van der Waals surface area contributed by atoms with E-state index in [2.05, 4.69) is 20.2 Å². The zero-order chi connectivity index (χ0) is 16.8. The summed E-state index contributed by atoms with van der Waals surface area (Å²) in [4.78, 5) is 26.4. The van der Waals surface area contributed by atoms with E-state index in [1.54, 1.807) is 14.0 Å². The van der Waals surface area contributed by atoms with Gasteiger partial charge < -0.3 is 20.0 Å². The lowest BCUT2D eigenvalue weighted by Gasteiger charge is -2.36. The molecule has 1 aromatic rings. The Labute approximate surface area is 138 Å². The van der Waals surface area contributed by atoms with Gasteiger partial charge in [-0.2, -0.15) is 0 Å². The minimum absolute atomic E-state index is 0.136. The van der Waals surface area contributed by atoms with Crippen molar-refractivity contribution in [2.75, 3.05) is 52.2 Å². The Bertz CT molecular complexity index is 563. The molecule has 2 rings (SSSR count). The highest BCUT2D eigenvalue weighted by Gasteiger charge is 2.20. The maximum atomic E-state index is 11.4. The van der Waals surface area contributed by atoms with Crippen LogP contribution in [0.15, 0.2) is 23.2 Å². The van der Waals surface area contributed by atoms with Gasteiger partial charge in [-0.25, -0.2) is 4.98 Å². The first-order chi connectivity index (χ1) is 11.0. The first kappa shape index (κ1) is 17.1. The van der Waals surface area contributed by atoms with E-state index in [1.165, 1.54) is 0 Å². The van der Waals surface area contributed by atoms with Crippen molar-refractivity contribution < 1.29 is 4.79 Å². The average molecular weight is 318 g/mol. The topological polar surface area (TPSA) is 64.1 Å². The van der Waals surface area contributed by atoms with E-state index >= 15 is 0 Å². The van der Waals surface area contributed by atoms with E-state index in [0.29, 0.717) is 6.54 Å². The molecule has 1 aliphatic rings. The second-order valence-electron chi connectivity index (χ2n) is 5.78. The Morgan fingerprint density at radius 2 is 1.91 bits per heavy atom. The van der Waals surface area contributed by atoms with Gasteiger partial charge in [-0.1, -0.05) is 6.07 Å². The van der Waals surface area contributed by atoms with Gasteiger partial charge >= 0.3 is 0 Å². The van der Waals surface area contributed by atoms with Crippen molar-refractivity contribution in [3.63, 3.8) is 0 Å². The minimum Gasteiger partial charge on any atom is -0.363 e. The molecule has 7 heteroatoms. The van der Waals surface area contributed by atoms with Crippen LogP contribution >= 0.6 is 0 Å². The van der Waals surface area contributed by atoms with E-state index in [1.807, 2.05) is 42.1 Å². The highest BCUT2D eigenvalue weighted by molar-refractivity contribution is 5.80. The number of nitrogens with one attached hydrogen (secondary N) is 1. The number of aromatic nitrogens is 1. The third-order valence-corrected chi connectivity index (χ3v) is 3.91. The normalized spacial score (nSPS) is 15.6. The summed E-state index contributed by atoms with van der Waals surface area (Å²) in [5.74, 6) is 1.93. The maximum absolute atomic E-state index is 11.4. The Morgan fingerprint density at radius 3 is 2.48 bits per heavy atom. The van der Waals surface area contributed by atoms with Gasteiger partial charge in [0.15, 0.2) is 5.96 Å². The van der Waals surface area contributed by atoms with Crippen molar-refractivity contribution in [3.05, 3.63) is 23.9 Å². The summed E-state index contributed by atoms with van der Waals surface area (Å²) in [7, 11) is 5.74. The molecule has 1 aromatic heterocycles. The molecular weight excluding hydrogens is 292 g/mol. The van der Waals surface area contributed by atoms with Gasteiger partial charge in [0.25, 0.3) is 0 Å². The lowest BCUT2D eigenvalue weighted by molar-refractivity contribution is -0.130. The lowest BCUT2D eigenvalue weighted by Crippen LogP contribution is -2.53. The number of amides is 1. The van der Waals surface area contributed by atoms with Crippen LogP contribution in [0.5, 0.6) is 0 Å². The molecule has 0 radical (unpaired) electrons. The quantitative estimate of drug-likeness (QED) is 0.645. The molecule has 23 heavy (non-hydrogen) atoms. The molecule has 0 aliphatic carbocycles. The van der Waals surface area contributed by atoms with Crippen LogP contribution in [0.2, 0.25) is 0 Å². The van der Waals surface area contributed by atoms with Crippen LogP contribution in [0.4, 0.5) is 5.82 Å². The molecule has 126 valence electrons. The van der Waals surface area contributed by atoms with Crippen LogP contribution in [0.1, 0.15) is 12.6 Å². The predicted octanol–water partition coefficient (Wildman–Crippen LogP) is 0.387. The lowest BCUT2D eigenvalue weighted by atomic mass is 10.3. The van der Waals surface area contributed by atoms with Crippen LogP contribution in [0.3, 0.4) is 0 Å². The smallest absolute Gasteiger partial charge is 0.219 e. The molecular formula is C16H26N6O. The third-order valence-electron chi connectivity index (χ3n) is 3.91. The maximum Gasteiger partial charge on any atom is 0.219 e. The summed E-state index contributed by atoms with van der Waals surface area (Å²) >= 11 is 0. The van der Waals surface area contributed by atoms with E-state index in [-0.39, 0.29) is 5.91 Å². The van der Waals surface area contributed by atoms with E-state index in [0.717, 1.165) is 43.7 Å². The van der Waals surface area contributed by atoms with E-state index < -0.39 is 0 Å². The number of nitrogens with zero attached hydrogens (tertiary/aromatic N) is 5. The second-order valence-corrected chi connectivity index (χ2v) is 5.78. The summed E-state index contributed by atoms with van der Waals surface area (Å²) in [6.07, 6.45) is 0. The molecule has 2 heterocycles. The summed E-state index contributed by atoms with van der Waals surface area (Å²) in [5, 5.41) is 3.36. The molecule has 1 amide bonds. The highest BCUT2D eigenvalue weighted by atomic mass is 16.2. The Morgan fingerprint density at radius 1 is 1.26 bits per heavy atom. The van der Waals surface area contributed by atoms with Crippen molar-refractivity contribution in [3.8, 4) is 0 Å². The van der Waals surface area contributed by atoms with Crippen LogP contribution in [0.25, 0.3) is 0 Å². The Balaban J connectivity index is 1.91. The van der Waals surface area contributed by atoms with Crippen molar-refractivity contribution in [1.29, 1.82) is 0 Å². The van der Waals surface area contributed by atoms with Crippen molar-refractivity contribution >= 4 is 17.7 Å². The van der Waals surface area contributed by atoms with Gasteiger partial charge in [-0.15, -0.1) is 0 Å². The zero-order valence-corrected chi connectivity index (χ0v) is 14.4. The molecule has 7 nitrogen and oxygen atoms in total. The van der Waals surface area contributed by atoms with Gasteiger partial charge in [-0.05, 0) is 12.1 Å². The fraction of sp³-hybridized carbons (Fsp3) is 0.562. The summed E-state index contributed by atoms with van der Waals surface area (Å²) in [5.41, 5.74) is 0.972. The number of aliphatic imine (C=N–C) groups is 1. The van der Waals surface area contributed by atoms with Gasteiger partial charge in [-0.3, -0.25) is 9.79 Å². The molecule has 1 saturated heterocycles. The molecule has 1 aliphatic heterocycles. The minimum atomic E-state index is 0.136. The molecule has 0 saturated carbocycles. The number of hydrogen-bond acceptors (Lipinski definition) is 4. The number of anilines is 1. The number of rotatable bonds is 3. The Kier molecular flexibility index (Phi) is 5.78. The van der Waals surface area contributed by atoms with Crippen LogP contribution in [-0.4, -0.2) is 74.0 Å². The van der Waals surface area contributed by atoms with Gasteiger partial charge in [0.1, 0.15) is 5.82 Å². The first-order valence-corrected chi connectivity index (χ1v) is 7.85. The highest BCUT2D eigenvalue weighted by Crippen LogP contribution is 2.08. The summed E-state index contributed by atoms with van der Waals surface area (Å²) < 4.78 is 0. The van der Waals surface area contributed by atoms with Crippen molar-refractivity contribution in [2.45, 2.75) is 13.5 Å². The van der Waals surface area contributed by atoms with Crippen LogP contribution in [-0.2, 0) is 11.3 Å². The van der Waals surface area contributed by atoms with Crippen LogP contribution in [0, 0.1) is 0 Å². The monoisotopic (exact) mass is 318 g/mol. The second kappa shape index (κ2) is 7.80. The summed E-state index contributed by atoms with van der Waals surface area (Å²) in [6, 6.07) is 5.99. The molecule has 0 aromatic carbocycles. The first-order valence-electron chi connectivity index (χ1n) is 7.85. The standard InChI is InChI=1S/C16H26N6O/c1-13(23)21-8-10-22(11-9-21)16(17-2)18-12-14-6-5-7-15(19-14)20(3)4/h5-7H,8-12H2,1-4H3,(H,17,18). The van der Waals surface area contributed by atoms with Gasteiger partial charge in [0, 0.05) is 54.2 Å². The number of hydrogen-bond donors (Lipinski definition) is 1. The number of carbonyl (C=O) groups excluding carboxylic acids is 1. The fourth-order valence-electron chi connectivity index (χ4n) is 2.55. The molecule has 0 spiro atoms. The molecule has 0 atom stereocenters. The number of carbonyl (C=O) groups is 1. The number of piperazine rings is 1. The molecule has 1 N–H and O–H groups in total. The third kappa shape index (κ3) is 4.58. The SMILES string of the molecule is CN=C(NCc1cccc(N(C)C)n1)N1CCN(C(C)=O)CC1. The van der Waals surface area contributed by atoms with Gasteiger partial charge in [0.2, 0.25) is 5.91 Å². The largest absolute Gasteiger partial charge is 0.363 e. The van der Waals surface area contributed by atoms with E-state index in [9.17, 15) is 4.79 Å². The molecule has 0 unspecified atom stereocenters. The van der Waals surface area contributed by atoms with Crippen molar-refractivity contribution in [2.24, 2.45) is 4.99 Å². The van der Waals surface area contributed by atoms with E-state index in [4.69, 9.17) is 0 Å². The number of guanidine groups is 1. The van der Waals surface area contributed by atoms with Gasteiger partial charge in [0.05, 0.1) is 12.2 Å². The fourth-order valence-corrected chi connectivity index (χ4v) is 2.55. The van der Waals surface area contributed by atoms with Crippen LogP contribution < -0.4 is 10.2 Å². The molecule has 1 fully saturated rings. The van der Waals surface area contributed by atoms with Crippen molar-refractivity contribution in [1.82, 2.24) is 20.1 Å². The Hall–Kier alpha value is -2.31. The summed E-state index contributed by atoms with van der Waals surface area (Å²) in [6.45, 7) is 5.32. The average Bonchev–Trinajstić information content (AvgIpc) is 2.56. The molecule has 0 bridgehead atoms. The number of pyridine rings is 1. The predicted molar refractivity (Wildman–Crippen MR) is 92.6 cm³/mol. The zero-order valence-electron chi connectivity index (χ0n) is 14.4.